The maximum Gasteiger partial charge on any atom is 0.0826 e. The molecule has 2 fully saturated rings. The van der Waals surface area contributed by atoms with E-state index in [9.17, 15) is 0 Å². The van der Waals surface area contributed by atoms with Gasteiger partial charge in [0, 0.05) is 32.2 Å². The van der Waals surface area contributed by atoms with E-state index in [4.69, 9.17) is 4.74 Å². The molecule has 0 aromatic heterocycles. The van der Waals surface area contributed by atoms with Crippen molar-refractivity contribution in [1.82, 2.24) is 10.2 Å². The van der Waals surface area contributed by atoms with Gasteiger partial charge in [0.15, 0.2) is 0 Å². The van der Waals surface area contributed by atoms with Gasteiger partial charge in [0.1, 0.15) is 0 Å². The molecule has 0 saturated carbocycles. The van der Waals surface area contributed by atoms with Crippen molar-refractivity contribution in [2.75, 3.05) is 32.8 Å². The van der Waals surface area contributed by atoms with Crippen molar-refractivity contribution in [2.45, 2.75) is 32.4 Å². The Morgan fingerprint density at radius 1 is 1.43 bits per heavy atom. The van der Waals surface area contributed by atoms with E-state index in [0.29, 0.717) is 6.10 Å². The van der Waals surface area contributed by atoms with Crippen molar-refractivity contribution in [1.29, 1.82) is 0 Å². The monoisotopic (exact) mass is 198 g/mol. The second-order valence-corrected chi connectivity index (χ2v) is 4.84. The molecule has 3 nitrogen and oxygen atoms in total. The van der Waals surface area contributed by atoms with Crippen LogP contribution in [0.3, 0.4) is 0 Å². The third-order valence-electron chi connectivity index (χ3n) is 3.36. The molecule has 3 unspecified atom stereocenters. The Bertz CT molecular complexity index is 180. The molecule has 2 rings (SSSR count). The van der Waals surface area contributed by atoms with Crippen molar-refractivity contribution in [2.24, 2.45) is 5.92 Å². The minimum atomic E-state index is 0.413. The van der Waals surface area contributed by atoms with Crippen molar-refractivity contribution in [3.63, 3.8) is 0 Å². The molecule has 3 atom stereocenters. The topological polar surface area (TPSA) is 24.5 Å². The van der Waals surface area contributed by atoms with Crippen LogP contribution in [0, 0.1) is 5.92 Å². The Kier molecular flexibility index (Phi) is 3.42. The van der Waals surface area contributed by atoms with Crippen LogP contribution in [0.4, 0.5) is 0 Å². The van der Waals surface area contributed by atoms with Gasteiger partial charge in [0.05, 0.1) is 12.7 Å². The minimum absolute atomic E-state index is 0.413. The molecule has 2 aliphatic rings. The van der Waals surface area contributed by atoms with E-state index in [2.05, 4.69) is 24.1 Å². The quantitative estimate of drug-likeness (QED) is 0.707. The molecule has 14 heavy (non-hydrogen) atoms. The predicted octanol–water partition coefficient (Wildman–Crippen LogP) is 0.705. The van der Waals surface area contributed by atoms with Crippen LogP contribution < -0.4 is 5.32 Å². The SMILES string of the molecule is CC1CC(C)N(CC2CNCCO2)C1. The van der Waals surface area contributed by atoms with Gasteiger partial charge >= 0.3 is 0 Å². The molecular weight excluding hydrogens is 176 g/mol. The molecule has 0 radical (unpaired) electrons. The smallest absolute Gasteiger partial charge is 0.0826 e. The third-order valence-corrected chi connectivity index (χ3v) is 3.36. The van der Waals surface area contributed by atoms with E-state index >= 15 is 0 Å². The second-order valence-electron chi connectivity index (χ2n) is 4.84. The Hall–Kier alpha value is -0.120. The summed E-state index contributed by atoms with van der Waals surface area (Å²) in [5, 5.41) is 3.38. The highest BCUT2D eigenvalue weighted by Crippen LogP contribution is 2.22. The summed E-state index contributed by atoms with van der Waals surface area (Å²) >= 11 is 0. The molecule has 2 saturated heterocycles. The van der Waals surface area contributed by atoms with Crippen LogP contribution in [0.2, 0.25) is 0 Å². The van der Waals surface area contributed by atoms with E-state index in [-0.39, 0.29) is 0 Å². The zero-order valence-electron chi connectivity index (χ0n) is 9.33. The van der Waals surface area contributed by atoms with Crippen molar-refractivity contribution < 1.29 is 4.74 Å². The van der Waals surface area contributed by atoms with Gasteiger partial charge in [-0.2, -0.15) is 0 Å². The lowest BCUT2D eigenvalue weighted by Gasteiger charge is -2.30. The molecule has 0 aromatic rings. The number of likely N-dealkylation sites (tertiary alicyclic amines) is 1. The number of ether oxygens (including phenoxy) is 1. The van der Waals surface area contributed by atoms with Crippen LogP contribution in [0.1, 0.15) is 20.3 Å². The normalized spacial score (nSPS) is 40.3. The molecule has 82 valence electrons. The van der Waals surface area contributed by atoms with Crippen LogP contribution in [0.15, 0.2) is 0 Å². The van der Waals surface area contributed by atoms with E-state index in [0.717, 1.165) is 38.2 Å². The average molecular weight is 198 g/mol. The summed E-state index contributed by atoms with van der Waals surface area (Å²) in [5.74, 6) is 0.863. The first-order chi connectivity index (χ1) is 6.75. The predicted molar refractivity (Wildman–Crippen MR) is 57.4 cm³/mol. The lowest BCUT2D eigenvalue weighted by atomic mass is 10.1. The zero-order valence-corrected chi connectivity index (χ0v) is 9.33. The number of hydrogen-bond acceptors (Lipinski definition) is 3. The van der Waals surface area contributed by atoms with Crippen LogP contribution in [-0.2, 0) is 4.74 Å². The summed E-state index contributed by atoms with van der Waals surface area (Å²) in [6.07, 6.45) is 1.76. The van der Waals surface area contributed by atoms with Crippen molar-refractivity contribution in [3.05, 3.63) is 0 Å². The highest BCUT2D eigenvalue weighted by Gasteiger charge is 2.28. The van der Waals surface area contributed by atoms with Gasteiger partial charge < -0.3 is 10.1 Å². The molecule has 0 aliphatic carbocycles. The van der Waals surface area contributed by atoms with Crippen LogP contribution in [0.25, 0.3) is 0 Å². The highest BCUT2D eigenvalue weighted by molar-refractivity contribution is 4.83. The molecule has 0 aromatic carbocycles. The van der Waals surface area contributed by atoms with Gasteiger partial charge in [-0.25, -0.2) is 0 Å². The van der Waals surface area contributed by atoms with Crippen molar-refractivity contribution >= 4 is 0 Å². The Morgan fingerprint density at radius 3 is 2.86 bits per heavy atom. The summed E-state index contributed by atoms with van der Waals surface area (Å²) in [6, 6.07) is 0.746. The summed E-state index contributed by atoms with van der Waals surface area (Å²) < 4.78 is 5.72. The first kappa shape index (κ1) is 10.4. The fourth-order valence-electron chi connectivity index (χ4n) is 2.64. The van der Waals surface area contributed by atoms with E-state index < -0.39 is 0 Å². The molecule has 1 N–H and O–H groups in total. The molecular formula is C11H22N2O. The standard InChI is InChI=1S/C11H22N2O/c1-9-5-10(2)13(7-9)8-11-6-12-3-4-14-11/h9-12H,3-8H2,1-2H3. The highest BCUT2D eigenvalue weighted by atomic mass is 16.5. The van der Waals surface area contributed by atoms with Gasteiger partial charge in [-0.15, -0.1) is 0 Å². The van der Waals surface area contributed by atoms with E-state index in [1.807, 2.05) is 0 Å². The Balaban J connectivity index is 1.78. The van der Waals surface area contributed by atoms with Crippen LogP contribution in [0.5, 0.6) is 0 Å². The number of hydrogen-bond donors (Lipinski definition) is 1. The first-order valence-corrected chi connectivity index (χ1v) is 5.82. The van der Waals surface area contributed by atoms with Gasteiger partial charge in [-0.05, 0) is 19.3 Å². The van der Waals surface area contributed by atoms with Gasteiger partial charge in [0.2, 0.25) is 0 Å². The fourth-order valence-corrected chi connectivity index (χ4v) is 2.64. The van der Waals surface area contributed by atoms with E-state index in [1.165, 1.54) is 13.0 Å². The third kappa shape index (κ3) is 2.47. The summed E-state index contributed by atoms with van der Waals surface area (Å²) in [5.41, 5.74) is 0. The second kappa shape index (κ2) is 4.60. The maximum atomic E-state index is 5.72. The first-order valence-electron chi connectivity index (χ1n) is 5.82. The van der Waals surface area contributed by atoms with E-state index in [1.54, 1.807) is 0 Å². The molecule has 2 aliphatic heterocycles. The molecule has 3 heteroatoms. The Morgan fingerprint density at radius 2 is 2.29 bits per heavy atom. The largest absolute Gasteiger partial charge is 0.374 e. The molecule has 0 spiro atoms. The molecule has 0 amide bonds. The summed E-state index contributed by atoms with van der Waals surface area (Å²) in [7, 11) is 0. The van der Waals surface area contributed by atoms with Gasteiger partial charge in [0.25, 0.3) is 0 Å². The Labute approximate surface area is 86.8 Å². The molecule has 2 heterocycles. The average Bonchev–Trinajstić information content (AvgIpc) is 2.47. The van der Waals surface area contributed by atoms with Crippen molar-refractivity contribution in [3.8, 4) is 0 Å². The zero-order chi connectivity index (χ0) is 9.97. The minimum Gasteiger partial charge on any atom is -0.374 e. The van der Waals surface area contributed by atoms with Gasteiger partial charge in [-0.1, -0.05) is 6.92 Å². The lowest BCUT2D eigenvalue weighted by molar-refractivity contribution is 0.00392. The summed E-state index contributed by atoms with van der Waals surface area (Å²) in [4.78, 5) is 2.57. The number of nitrogens with zero attached hydrogens (tertiary/aromatic N) is 1. The molecule has 0 bridgehead atoms. The number of rotatable bonds is 2. The lowest BCUT2D eigenvalue weighted by Crippen LogP contribution is -2.46. The number of nitrogens with one attached hydrogen (secondary N) is 1. The summed E-state index contributed by atoms with van der Waals surface area (Å²) in [6.45, 7) is 9.96. The number of morpholine rings is 1. The maximum absolute atomic E-state index is 5.72. The van der Waals surface area contributed by atoms with Crippen LogP contribution in [-0.4, -0.2) is 49.8 Å². The van der Waals surface area contributed by atoms with Gasteiger partial charge in [-0.3, -0.25) is 4.90 Å². The fraction of sp³-hybridized carbons (Fsp3) is 1.00. The van der Waals surface area contributed by atoms with Crippen LogP contribution >= 0.6 is 0 Å².